The van der Waals surface area contributed by atoms with Crippen LogP contribution in [0.5, 0.6) is 0 Å². The first-order valence-corrected chi connectivity index (χ1v) is 7.77. The van der Waals surface area contributed by atoms with E-state index >= 15 is 0 Å². The molecule has 18 heavy (non-hydrogen) atoms. The van der Waals surface area contributed by atoms with Crippen molar-refractivity contribution in [2.24, 2.45) is 0 Å². The molecule has 94 valence electrons. The number of hydrogen-bond acceptors (Lipinski definition) is 4. The summed E-state index contributed by atoms with van der Waals surface area (Å²) in [5.41, 5.74) is 0. The Morgan fingerprint density at radius 3 is 2.89 bits per heavy atom. The van der Waals surface area contributed by atoms with Gasteiger partial charge in [0, 0.05) is 20.5 Å². The zero-order valence-corrected chi connectivity index (χ0v) is 11.7. The second-order valence-electron chi connectivity index (χ2n) is 3.71. The van der Waals surface area contributed by atoms with Crippen molar-refractivity contribution in [2.45, 2.75) is 17.9 Å². The monoisotopic (exact) mass is 300 g/mol. The van der Waals surface area contributed by atoms with Gasteiger partial charge in [0.1, 0.15) is 10.9 Å². The molecular formula is C11H9ClN2O2S2. The molecule has 0 radical (unpaired) electrons. The summed E-state index contributed by atoms with van der Waals surface area (Å²) in [6, 6.07) is 6.15. The van der Waals surface area contributed by atoms with Crippen molar-refractivity contribution in [1.82, 2.24) is 4.72 Å². The number of sulfonamides is 1. The van der Waals surface area contributed by atoms with E-state index in [2.05, 4.69) is 4.72 Å². The Labute approximate surface area is 114 Å². The molecule has 2 aromatic rings. The SMILES string of the molecule is C[C@@H](C#N)NS(=O)(=O)c1csc2ccc(Cl)cc12. The number of hydrogen-bond donors (Lipinski definition) is 1. The van der Waals surface area contributed by atoms with Crippen LogP contribution in [-0.4, -0.2) is 14.5 Å². The lowest BCUT2D eigenvalue weighted by Gasteiger charge is -2.06. The minimum absolute atomic E-state index is 0.159. The van der Waals surface area contributed by atoms with E-state index in [1.165, 1.54) is 18.3 Å². The third-order valence-corrected chi connectivity index (χ3v) is 5.24. The highest BCUT2D eigenvalue weighted by atomic mass is 35.5. The van der Waals surface area contributed by atoms with E-state index in [1.807, 2.05) is 6.07 Å². The maximum Gasteiger partial charge on any atom is 0.243 e. The van der Waals surface area contributed by atoms with E-state index in [9.17, 15) is 8.42 Å². The third kappa shape index (κ3) is 2.49. The first kappa shape index (κ1) is 13.3. The lowest BCUT2D eigenvalue weighted by molar-refractivity contribution is 0.578. The fraction of sp³-hybridized carbons (Fsp3) is 0.182. The van der Waals surface area contributed by atoms with Gasteiger partial charge in [0.05, 0.1) is 6.07 Å². The van der Waals surface area contributed by atoms with Gasteiger partial charge >= 0.3 is 0 Å². The van der Waals surface area contributed by atoms with E-state index in [4.69, 9.17) is 16.9 Å². The largest absolute Gasteiger partial charge is 0.243 e. The normalized spacial score (nSPS) is 13.4. The van der Waals surface area contributed by atoms with Crippen LogP contribution in [0.25, 0.3) is 10.1 Å². The second-order valence-corrected chi connectivity index (χ2v) is 6.74. The van der Waals surface area contributed by atoms with Crippen molar-refractivity contribution in [3.05, 3.63) is 28.6 Å². The van der Waals surface area contributed by atoms with Crippen LogP contribution in [0.1, 0.15) is 6.92 Å². The highest BCUT2D eigenvalue weighted by Crippen LogP contribution is 2.31. The molecule has 0 aliphatic rings. The first-order valence-electron chi connectivity index (χ1n) is 5.03. The zero-order valence-electron chi connectivity index (χ0n) is 9.34. The topological polar surface area (TPSA) is 70.0 Å². The smallest absolute Gasteiger partial charge is 0.207 e. The molecular weight excluding hydrogens is 292 g/mol. The van der Waals surface area contributed by atoms with Crippen molar-refractivity contribution in [3.63, 3.8) is 0 Å². The molecule has 0 saturated carbocycles. The number of fused-ring (bicyclic) bond motifs is 1. The molecule has 7 heteroatoms. The molecule has 0 unspecified atom stereocenters. The third-order valence-electron chi connectivity index (χ3n) is 2.32. The summed E-state index contributed by atoms with van der Waals surface area (Å²) in [6.07, 6.45) is 0. The van der Waals surface area contributed by atoms with Gasteiger partial charge in [0.15, 0.2) is 0 Å². The summed E-state index contributed by atoms with van der Waals surface area (Å²) in [4.78, 5) is 0.159. The number of nitriles is 1. The van der Waals surface area contributed by atoms with E-state index in [-0.39, 0.29) is 4.90 Å². The molecule has 0 aliphatic heterocycles. The molecule has 0 aliphatic carbocycles. The molecule has 0 amide bonds. The standard InChI is InChI=1S/C11H9ClN2O2S2/c1-7(5-13)14-18(15,16)11-6-17-10-3-2-8(12)4-9(10)11/h2-4,6-7,14H,1H3/t7-/m0/s1. The second kappa shape index (κ2) is 4.86. The number of nitrogens with one attached hydrogen (secondary N) is 1. The average Bonchev–Trinajstić information content (AvgIpc) is 2.71. The Morgan fingerprint density at radius 1 is 1.50 bits per heavy atom. The van der Waals surface area contributed by atoms with Gasteiger partial charge in [-0.3, -0.25) is 0 Å². The van der Waals surface area contributed by atoms with Gasteiger partial charge in [-0.1, -0.05) is 11.6 Å². The fourth-order valence-corrected chi connectivity index (χ4v) is 4.30. The first-order chi connectivity index (χ1) is 8.44. The lowest BCUT2D eigenvalue weighted by atomic mass is 10.3. The molecule has 1 aromatic carbocycles. The Balaban J connectivity index is 2.55. The van der Waals surface area contributed by atoms with Crippen LogP contribution < -0.4 is 4.72 Å². The van der Waals surface area contributed by atoms with Crippen LogP contribution in [0.4, 0.5) is 0 Å². The van der Waals surface area contributed by atoms with Gasteiger partial charge < -0.3 is 0 Å². The summed E-state index contributed by atoms with van der Waals surface area (Å²) in [5, 5.41) is 11.3. The fourth-order valence-electron chi connectivity index (χ4n) is 1.51. The van der Waals surface area contributed by atoms with Crippen LogP contribution >= 0.6 is 22.9 Å². The highest BCUT2D eigenvalue weighted by molar-refractivity contribution is 7.90. The average molecular weight is 301 g/mol. The van der Waals surface area contributed by atoms with E-state index < -0.39 is 16.1 Å². The molecule has 1 atom stereocenters. The van der Waals surface area contributed by atoms with Gasteiger partial charge in [0.2, 0.25) is 10.0 Å². The van der Waals surface area contributed by atoms with E-state index in [0.29, 0.717) is 10.4 Å². The number of nitrogens with zero attached hydrogens (tertiary/aromatic N) is 1. The van der Waals surface area contributed by atoms with Crippen molar-refractivity contribution in [3.8, 4) is 6.07 Å². The van der Waals surface area contributed by atoms with Crippen molar-refractivity contribution in [2.75, 3.05) is 0 Å². The summed E-state index contributed by atoms with van der Waals surface area (Å²) in [6.45, 7) is 1.49. The molecule has 0 saturated heterocycles. The van der Waals surface area contributed by atoms with E-state index in [0.717, 1.165) is 4.70 Å². The summed E-state index contributed by atoms with van der Waals surface area (Å²) in [7, 11) is -3.69. The van der Waals surface area contributed by atoms with E-state index in [1.54, 1.807) is 23.6 Å². The van der Waals surface area contributed by atoms with Gasteiger partial charge in [-0.2, -0.15) is 9.98 Å². The Bertz CT molecular complexity index is 731. The number of thiophene rings is 1. The van der Waals surface area contributed by atoms with Crippen molar-refractivity contribution in [1.29, 1.82) is 5.26 Å². The molecule has 0 spiro atoms. The predicted octanol–water partition coefficient (Wildman–Crippen LogP) is 2.75. The predicted molar refractivity (Wildman–Crippen MR) is 72.2 cm³/mol. The van der Waals surface area contributed by atoms with Crippen molar-refractivity contribution < 1.29 is 8.42 Å². The summed E-state index contributed by atoms with van der Waals surface area (Å²) >= 11 is 7.19. The minimum atomic E-state index is -3.69. The maximum absolute atomic E-state index is 12.1. The zero-order chi connectivity index (χ0) is 13.3. The number of halogens is 1. The summed E-state index contributed by atoms with van der Waals surface area (Å²) < 4.78 is 27.3. The molecule has 0 fully saturated rings. The van der Waals surface area contributed by atoms with Gasteiger partial charge in [0.25, 0.3) is 0 Å². The van der Waals surface area contributed by atoms with Gasteiger partial charge in [-0.25, -0.2) is 8.42 Å². The summed E-state index contributed by atoms with van der Waals surface area (Å²) in [5.74, 6) is 0. The minimum Gasteiger partial charge on any atom is -0.207 e. The van der Waals surface area contributed by atoms with Gasteiger partial charge in [-0.15, -0.1) is 11.3 Å². The highest BCUT2D eigenvalue weighted by Gasteiger charge is 2.21. The van der Waals surface area contributed by atoms with Crippen LogP contribution in [0.3, 0.4) is 0 Å². The molecule has 0 bridgehead atoms. The van der Waals surface area contributed by atoms with Crippen molar-refractivity contribution >= 4 is 43.0 Å². The Morgan fingerprint density at radius 2 is 2.22 bits per heavy atom. The molecule has 2 rings (SSSR count). The molecule has 4 nitrogen and oxygen atoms in total. The number of rotatable bonds is 3. The molecule has 1 heterocycles. The van der Waals surface area contributed by atoms with Crippen LogP contribution in [-0.2, 0) is 10.0 Å². The van der Waals surface area contributed by atoms with Crippen LogP contribution in [0.15, 0.2) is 28.5 Å². The van der Waals surface area contributed by atoms with Gasteiger partial charge in [-0.05, 0) is 25.1 Å². The molecule has 1 aromatic heterocycles. The maximum atomic E-state index is 12.1. The van der Waals surface area contributed by atoms with Crippen LogP contribution in [0.2, 0.25) is 5.02 Å². The quantitative estimate of drug-likeness (QED) is 0.947. The number of benzene rings is 1. The van der Waals surface area contributed by atoms with Crippen LogP contribution in [0, 0.1) is 11.3 Å². The lowest BCUT2D eigenvalue weighted by Crippen LogP contribution is -2.31. The Hall–Kier alpha value is -1.13. The Kier molecular flexibility index (Phi) is 3.59. The molecule has 1 N–H and O–H groups in total.